The average molecular weight is 220 g/mol. The van der Waals surface area contributed by atoms with E-state index in [4.69, 9.17) is 0 Å². The van der Waals surface area contributed by atoms with Gasteiger partial charge < -0.3 is 10.6 Å². The van der Waals surface area contributed by atoms with Gasteiger partial charge in [-0.3, -0.25) is 4.79 Å². The summed E-state index contributed by atoms with van der Waals surface area (Å²) >= 11 is 0. The minimum atomic E-state index is -0.0307. The highest BCUT2D eigenvalue weighted by atomic mass is 16.1. The molecule has 1 rings (SSSR count). The van der Waals surface area contributed by atoms with Gasteiger partial charge in [0.1, 0.15) is 0 Å². The predicted octanol–water partition coefficient (Wildman–Crippen LogP) is 2.19. The molecule has 0 saturated heterocycles. The van der Waals surface area contributed by atoms with E-state index in [1.54, 1.807) is 0 Å². The molecule has 3 heteroatoms. The number of amides is 1. The van der Waals surface area contributed by atoms with Gasteiger partial charge in [-0.15, -0.1) is 0 Å². The van der Waals surface area contributed by atoms with E-state index in [1.165, 1.54) is 12.5 Å². The second-order valence-corrected chi connectivity index (χ2v) is 4.04. The van der Waals surface area contributed by atoms with Crippen molar-refractivity contribution in [3.63, 3.8) is 0 Å². The summed E-state index contributed by atoms with van der Waals surface area (Å²) in [6.45, 7) is 6.76. The van der Waals surface area contributed by atoms with Crippen LogP contribution in [-0.4, -0.2) is 18.5 Å². The molecule has 0 aliphatic carbocycles. The molecule has 0 saturated carbocycles. The number of likely N-dealkylation sites (N-methyl/N-ethyl adjacent to an activating group) is 1. The Morgan fingerprint density at radius 2 is 2.19 bits per heavy atom. The maximum atomic E-state index is 10.9. The number of carbonyl (C=O) groups excluding carboxylic acids is 1. The number of hydrogen-bond acceptors (Lipinski definition) is 2. The second kappa shape index (κ2) is 6.28. The van der Waals surface area contributed by atoms with E-state index in [1.807, 2.05) is 18.2 Å². The lowest BCUT2D eigenvalue weighted by molar-refractivity contribution is -0.114. The van der Waals surface area contributed by atoms with Crippen molar-refractivity contribution in [2.75, 3.05) is 11.9 Å². The van der Waals surface area contributed by atoms with Crippen molar-refractivity contribution in [3.05, 3.63) is 29.8 Å². The molecule has 0 aromatic heterocycles. The van der Waals surface area contributed by atoms with Gasteiger partial charge >= 0.3 is 0 Å². The summed E-state index contributed by atoms with van der Waals surface area (Å²) in [7, 11) is 0. The van der Waals surface area contributed by atoms with Gasteiger partial charge in [-0.1, -0.05) is 19.1 Å². The zero-order chi connectivity index (χ0) is 12.0. The van der Waals surface area contributed by atoms with Crippen LogP contribution in [-0.2, 0) is 11.2 Å². The van der Waals surface area contributed by atoms with E-state index in [0.29, 0.717) is 6.04 Å². The van der Waals surface area contributed by atoms with E-state index in [-0.39, 0.29) is 5.91 Å². The molecule has 1 atom stereocenters. The summed E-state index contributed by atoms with van der Waals surface area (Å²) in [4.78, 5) is 10.9. The van der Waals surface area contributed by atoms with Crippen molar-refractivity contribution in [1.82, 2.24) is 5.32 Å². The molecule has 0 heterocycles. The SMILES string of the molecule is CCNC(C)Cc1cccc(NC(C)=O)c1. The van der Waals surface area contributed by atoms with Crippen LogP contribution in [0.5, 0.6) is 0 Å². The van der Waals surface area contributed by atoms with Crippen molar-refractivity contribution in [3.8, 4) is 0 Å². The highest BCUT2D eigenvalue weighted by molar-refractivity contribution is 5.88. The maximum Gasteiger partial charge on any atom is 0.221 e. The van der Waals surface area contributed by atoms with Crippen LogP contribution in [0.25, 0.3) is 0 Å². The van der Waals surface area contributed by atoms with Gasteiger partial charge in [-0.25, -0.2) is 0 Å². The summed E-state index contributed by atoms with van der Waals surface area (Å²) < 4.78 is 0. The lowest BCUT2D eigenvalue weighted by Crippen LogP contribution is -2.27. The molecule has 0 spiro atoms. The highest BCUT2D eigenvalue weighted by Crippen LogP contribution is 2.12. The third-order valence-corrected chi connectivity index (χ3v) is 2.34. The van der Waals surface area contributed by atoms with Crippen LogP contribution < -0.4 is 10.6 Å². The van der Waals surface area contributed by atoms with Crippen molar-refractivity contribution in [1.29, 1.82) is 0 Å². The Hall–Kier alpha value is -1.35. The fraction of sp³-hybridized carbons (Fsp3) is 0.462. The molecule has 0 aliphatic heterocycles. The van der Waals surface area contributed by atoms with Crippen molar-refractivity contribution >= 4 is 11.6 Å². The monoisotopic (exact) mass is 220 g/mol. The molecule has 16 heavy (non-hydrogen) atoms. The fourth-order valence-corrected chi connectivity index (χ4v) is 1.75. The van der Waals surface area contributed by atoms with Crippen LogP contribution in [0.1, 0.15) is 26.3 Å². The van der Waals surface area contributed by atoms with Crippen molar-refractivity contribution in [2.24, 2.45) is 0 Å². The third kappa shape index (κ3) is 4.45. The molecule has 2 N–H and O–H groups in total. The van der Waals surface area contributed by atoms with E-state index in [2.05, 4.69) is 30.5 Å². The Balaban J connectivity index is 2.63. The van der Waals surface area contributed by atoms with E-state index in [0.717, 1.165) is 18.7 Å². The lowest BCUT2D eigenvalue weighted by Gasteiger charge is -2.13. The number of carbonyl (C=O) groups is 1. The largest absolute Gasteiger partial charge is 0.326 e. The Labute approximate surface area is 97.2 Å². The molecule has 88 valence electrons. The van der Waals surface area contributed by atoms with Gasteiger partial charge in [-0.2, -0.15) is 0 Å². The Morgan fingerprint density at radius 3 is 2.81 bits per heavy atom. The molecule has 3 nitrogen and oxygen atoms in total. The van der Waals surface area contributed by atoms with Crippen molar-refractivity contribution < 1.29 is 4.79 Å². The molecule has 0 radical (unpaired) electrons. The smallest absolute Gasteiger partial charge is 0.221 e. The summed E-state index contributed by atoms with van der Waals surface area (Å²) in [5.41, 5.74) is 2.10. The van der Waals surface area contributed by atoms with E-state index < -0.39 is 0 Å². The molecule has 0 fully saturated rings. The van der Waals surface area contributed by atoms with E-state index >= 15 is 0 Å². The molecule has 0 aliphatic rings. The fourth-order valence-electron chi connectivity index (χ4n) is 1.75. The molecular formula is C13H20N2O. The minimum Gasteiger partial charge on any atom is -0.326 e. The first-order chi connectivity index (χ1) is 7.61. The summed E-state index contributed by atoms with van der Waals surface area (Å²) in [6, 6.07) is 8.44. The van der Waals surface area contributed by atoms with Gasteiger partial charge in [0.15, 0.2) is 0 Å². The number of nitrogens with one attached hydrogen (secondary N) is 2. The maximum absolute atomic E-state index is 10.9. The highest BCUT2D eigenvalue weighted by Gasteiger charge is 2.03. The standard InChI is InChI=1S/C13H20N2O/c1-4-14-10(2)8-12-6-5-7-13(9-12)15-11(3)16/h5-7,9-10,14H,4,8H2,1-3H3,(H,15,16). The Morgan fingerprint density at radius 1 is 1.44 bits per heavy atom. The number of benzene rings is 1. The van der Waals surface area contributed by atoms with Gasteiger partial charge in [0.25, 0.3) is 0 Å². The molecule has 1 unspecified atom stereocenters. The van der Waals surface area contributed by atoms with Crippen LogP contribution in [0.3, 0.4) is 0 Å². The van der Waals surface area contributed by atoms with Crippen molar-refractivity contribution in [2.45, 2.75) is 33.2 Å². The van der Waals surface area contributed by atoms with E-state index in [9.17, 15) is 4.79 Å². The van der Waals surface area contributed by atoms with Crippen LogP contribution >= 0.6 is 0 Å². The Bertz CT molecular complexity index is 350. The first-order valence-electron chi connectivity index (χ1n) is 5.71. The number of hydrogen-bond donors (Lipinski definition) is 2. The second-order valence-electron chi connectivity index (χ2n) is 4.04. The third-order valence-electron chi connectivity index (χ3n) is 2.34. The average Bonchev–Trinajstić information content (AvgIpc) is 2.17. The van der Waals surface area contributed by atoms with Gasteiger partial charge in [0.05, 0.1) is 0 Å². The first kappa shape index (κ1) is 12.7. The first-order valence-corrected chi connectivity index (χ1v) is 5.71. The van der Waals surface area contributed by atoms with Crippen LogP contribution in [0.15, 0.2) is 24.3 Å². The molecule has 0 bridgehead atoms. The summed E-state index contributed by atoms with van der Waals surface area (Å²) in [5.74, 6) is -0.0307. The summed E-state index contributed by atoms with van der Waals surface area (Å²) in [6.07, 6.45) is 0.973. The predicted molar refractivity (Wildman–Crippen MR) is 67.6 cm³/mol. The van der Waals surface area contributed by atoms with Crippen LogP contribution in [0.4, 0.5) is 5.69 Å². The topological polar surface area (TPSA) is 41.1 Å². The molecule has 1 amide bonds. The number of rotatable bonds is 5. The Kier molecular flexibility index (Phi) is 4.99. The molecule has 1 aromatic carbocycles. The zero-order valence-electron chi connectivity index (χ0n) is 10.2. The number of anilines is 1. The molecular weight excluding hydrogens is 200 g/mol. The van der Waals surface area contributed by atoms with Crippen LogP contribution in [0, 0.1) is 0 Å². The normalized spacial score (nSPS) is 12.2. The quantitative estimate of drug-likeness (QED) is 0.798. The lowest BCUT2D eigenvalue weighted by atomic mass is 10.1. The van der Waals surface area contributed by atoms with Gasteiger partial charge in [0, 0.05) is 18.7 Å². The van der Waals surface area contributed by atoms with Gasteiger partial charge in [-0.05, 0) is 37.6 Å². The van der Waals surface area contributed by atoms with Gasteiger partial charge in [0.2, 0.25) is 5.91 Å². The molecule has 1 aromatic rings. The summed E-state index contributed by atoms with van der Waals surface area (Å²) in [5, 5.41) is 6.16. The minimum absolute atomic E-state index is 0.0307. The zero-order valence-corrected chi connectivity index (χ0v) is 10.2. The van der Waals surface area contributed by atoms with Crippen LogP contribution in [0.2, 0.25) is 0 Å².